The standard InChI is InChI=1S/C12H11NOS2/c1-7-5-15-6-8(7)12-13-9-3-2-4-10(14)11(9)16-12/h5-6H,2-4H2,1H3. The third-order valence-corrected chi connectivity index (χ3v) is 4.89. The molecule has 0 unspecified atom stereocenters. The Morgan fingerprint density at radius 1 is 1.31 bits per heavy atom. The highest BCUT2D eigenvalue weighted by atomic mass is 32.1. The molecule has 0 bridgehead atoms. The Bertz CT molecular complexity index is 553. The van der Waals surface area contributed by atoms with Crippen molar-refractivity contribution in [3.05, 3.63) is 26.9 Å². The molecule has 0 radical (unpaired) electrons. The molecule has 0 atom stereocenters. The van der Waals surface area contributed by atoms with Gasteiger partial charge in [0.15, 0.2) is 5.78 Å². The largest absolute Gasteiger partial charge is 0.293 e. The summed E-state index contributed by atoms with van der Waals surface area (Å²) in [6.45, 7) is 2.09. The van der Waals surface area contributed by atoms with Gasteiger partial charge in [-0.1, -0.05) is 0 Å². The van der Waals surface area contributed by atoms with Crippen molar-refractivity contribution < 1.29 is 4.79 Å². The minimum atomic E-state index is 0.276. The molecule has 82 valence electrons. The summed E-state index contributed by atoms with van der Waals surface area (Å²) in [6.07, 6.45) is 2.61. The van der Waals surface area contributed by atoms with Crippen molar-refractivity contribution >= 4 is 28.5 Å². The molecule has 0 aromatic carbocycles. The Labute approximate surface area is 102 Å². The third kappa shape index (κ3) is 1.53. The van der Waals surface area contributed by atoms with Crippen molar-refractivity contribution in [3.8, 4) is 10.6 Å². The maximum Gasteiger partial charge on any atom is 0.174 e. The molecule has 2 nitrogen and oxygen atoms in total. The van der Waals surface area contributed by atoms with Gasteiger partial charge in [-0.15, -0.1) is 11.3 Å². The number of thiophene rings is 1. The molecule has 0 N–H and O–H groups in total. The fourth-order valence-electron chi connectivity index (χ4n) is 1.96. The third-order valence-electron chi connectivity index (χ3n) is 2.85. The summed E-state index contributed by atoms with van der Waals surface area (Å²) in [5.74, 6) is 0.276. The number of hydrogen-bond donors (Lipinski definition) is 0. The van der Waals surface area contributed by atoms with E-state index in [1.54, 1.807) is 22.7 Å². The molecular weight excluding hydrogens is 238 g/mol. The Balaban J connectivity index is 2.11. The van der Waals surface area contributed by atoms with Crippen LogP contribution in [0.5, 0.6) is 0 Å². The van der Waals surface area contributed by atoms with E-state index in [4.69, 9.17) is 0 Å². The van der Waals surface area contributed by atoms with Crippen molar-refractivity contribution in [2.24, 2.45) is 0 Å². The number of ketones is 1. The smallest absolute Gasteiger partial charge is 0.174 e. The zero-order valence-corrected chi connectivity index (χ0v) is 10.6. The second-order valence-electron chi connectivity index (χ2n) is 4.04. The Kier molecular flexibility index (Phi) is 2.41. The summed E-state index contributed by atoms with van der Waals surface area (Å²) in [6, 6.07) is 0. The molecule has 3 rings (SSSR count). The lowest BCUT2D eigenvalue weighted by Gasteiger charge is -2.06. The number of Topliss-reactive ketones (excluding diaryl/α,β-unsaturated/α-hetero) is 1. The number of carbonyl (C=O) groups is 1. The van der Waals surface area contributed by atoms with Gasteiger partial charge in [0, 0.05) is 17.4 Å². The highest BCUT2D eigenvalue weighted by Crippen LogP contribution is 2.35. The van der Waals surface area contributed by atoms with Crippen LogP contribution in [0.15, 0.2) is 10.8 Å². The topological polar surface area (TPSA) is 30.0 Å². The molecule has 0 amide bonds. The van der Waals surface area contributed by atoms with Crippen LogP contribution in [0.25, 0.3) is 10.6 Å². The summed E-state index contributed by atoms with van der Waals surface area (Å²) in [5, 5.41) is 5.25. The van der Waals surface area contributed by atoms with Crippen LogP contribution in [0.1, 0.15) is 33.8 Å². The summed E-state index contributed by atoms with van der Waals surface area (Å²) in [4.78, 5) is 17.2. The van der Waals surface area contributed by atoms with Crippen LogP contribution in [0, 0.1) is 6.92 Å². The molecule has 16 heavy (non-hydrogen) atoms. The second-order valence-corrected chi connectivity index (χ2v) is 5.78. The van der Waals surface area contributed by atoms with Crippen LogP contribution in [-0.2, 0) is 6.42 Å². The molecule has 4 heteroatoms. The molecule has 2 aromatic rings. The van der Waals surface area contributed by atoms with E-state index in [-0.39, 0.29) is 5.78 Å². The highest BCUT2D eigenvalue weighted by molar-refractivity contribution is 7.17. The van der Waals surface area contributed by atoms with Crippen LogP contribution in [0.3, 0.4) is 0 Å². The predicted molar refractivity (Wildman–Crippen MR) is 67.4 cm³/mol. The molecule has 1 aliphatic carbocycles. The highest BCUT2D eigenvalue weighted by Gasteiger charge is 2.23. The average Bonchev–Trinajstić information content (AvgIpc) is 2.84. The van der Waals surface area contributed by atoms with E-state index in [1.807, 2.05) is 0 Å². The van der Waals surface area contributed by atoms with Gasteiger partial charge in [-0.2, -0.15) is 11.3 Å². The van der Waals surface area contributed by atoms with Crippen LogP contribution in [0.4, 0.5) is 0 Å². The number of rotatable bonds is 1. The number of aryl methyl sites for hydroxylation is 2. The van der Waals surface area contributed by atoms with Crippen LogP contribution < -0.4 is 0 Å². The van der Waals surface area contributed by atoms with Crippen LogP contribution in [-0.4, -0.2) is 10.8 Å². The number of hydrogen-bond acceptors (Lipinski definition) is 4. The fraction of sp³-hybridized carbons (Fsp3) is 0.333. The fourth-order valence-corrected chi connectivity index (χ4v) is 4.03. The maximum atomic E-state index is 11.7. The van der Waals surface area contributed by atoms with Gasteiger partial charge < -0.3 is 0 Å². The summed E-state index contributed by atoms with van der Waals surface area (Å²) in [7, 11) is 0. The Hall–Kier alpha value is -1.00. The van der Waals surface area contributed by atoms with Gasteiger partial charge in [0.2, 0.25) is 0 Å². The van der Waals surface area contributed by atoms with Gasteiger partial charge in [0.05, 0.1) is 10.6 Å². The van der Waals surface area contributed by atoms with E-state index in [2.05, 4.69) is 22.7 Å². The van der Waals surface area contributed by atoms with Crippen molar-refractivity contribution in [3.63, 3.8) is 0 Å². The number of aromatic nitrogens is 1. The number of fused-ring (bicyclic) bond motifs is 1. The van der Waals surface area contributed by atoms with Crippen molar-refractivity contribution in [1.29, 1.82) is 0 Å². The van der Waals surface area contributed by atoms with E-state index >= 15 is 0 Å². The van der Waals surface area contributed by atoms with E-state index < -0.39 is 0 Å². The molecule has 0 saturated heterocycles. The molecule has 0 spiro atoms. The Morgan fingerprint density at radius 3 is 2.88 bits per heavy atom. The zero-order chi connectivity index (χ0) is 11.1. The Morgan fingerprint density at radius 2 is 2.19 bits per heavy atom. The van der Waals surface area contributed by atoms with Crippen molar-refractivity contribution in [2.45, 2.75) is 26.2 Å². The first kappa shape index (κ1) is 10.2. The first-order valence-electron chi connectivity index (χ1n) is 5.32. The van der Waals surface area contributed by atoms with Gasteiger partial charge in [0.25, 0.3) is 0 Å². The lowest BCUT2D eigenvalue weighted by atomic mass is 10.0. The predicted octanol–water partition coefficient (Wildman–Crippen LogP) is 3.70. The molecule has 0 fully saturated rings. The molecule has 2 aromatic heterocycles. The average molecular weight is 249 g/mol. The number of carbonyl (C=O) groups excluding carboxylic acids is 1. The normalized spacial score (nSPS) is 15.2. The molecule has 1 aliphatic rings. The van der Waals surface area contributed by atoms with Gasteiger partial charge in [-0.05, 0) is 30.7 Å². The molecule has 0 aliphatic heterocycles. The van der Waals surface area contributed by atoms with E-state index in [1.165, 1.54) is 11.1 Å². The number of thiazole rings is 1. The maximum absolute atomic E-state index is 11.7. The van der Waals surface area contributed by atoms with Crippen molar-refractivity contribution in [2.75, 3.05) is 0 Å². The molecule has 0 saturated carbocycles. The number of nitrogens with zero attached hydrogens (tertiary/aromatic N) is 1. The van der Waals surface area contributed by atoms with E-state index in [0.29, 0.717) is 6.42 Å². The molecular formula is C12H11NOS2. The quantitative estimate of drug-likeness (QED) is 0.771. The van der Waals surface area contributed by atoms with E-state index in [0.717, 1.165) is 28.4 Å². The van der Waals surface area contributed by atoms with Gasteiger partial charge in [-0.3, -0.25) is 4.79 Å². The minimum absolute atomic E-state index is 0.276. The SMILES string of the molecule is Cc1cscc1-c1nc2c(s1)C(=O)CCC2. The van der Waals surface area contributed by atoms with Crippen LogP contribution in [0.2, 0.25) is 0 Å². The second kappa shape index (κ2) is 3.79. The van der Waals surface area contributed by atoms with Gasteiger partial charge in [-0.25, -0.2) is 4.98 Å². The van der Waals surface area contributed by atoms with E-state index in [9.17, 15) is 4.79 Å². The summed E-state index contributed by atoms with van der Waals surface area (Å²) < 4.78 is 0. The lowest BCUT2D eigenvalue weighted by Crippen LogP contribution is -2.07. The van der Waals surface area contributed by atoms with Gasteiger partial charge >= 0.3 is 0 Å². The first-order chi connectivity index (χ1) is 7.75. The monoisotopic (exact) mass is 249 g/mol. The molecule has 2 heterocycles. The lowest BCUT2D eigenvalue weighted by molar-refractivity contribution is 0.0976. The minimum Gasteiger partial charge on any atom is -0.293 e. The first-order valence-corrected chi connectivity index (χ1v) is 7.07. The van der Waals surface area contributed by atoms with Crippen LogP contribution >= 0.6 is 22.7 Å². The zero-order valence-electron chi connectivity index (χ0n) is 8.95. The van der Waals surface area contributed by atoms with Crippen molar-refractivity contribution in [1.82, 2.24) is 4.98 Å². The summed E-state index contributed by atoms with van der Waals surface area (Å²) >= 11 is 3.25. The summed E-state index contributed by atoms with van der Waals surface area (Å²) in [5.41, 5.74) is 3.46. The van der Waals surface area contributed by atoms with Gasteiger partial charge in [0.1, 0.15) is 5.01 Å².